The van der Waals surface area contributed by atoms with Gasteiger partial charge in [0.25, 0.3) is 0 Å². The van der Waals surface area contributed by atoms with E-state index in [1.165, 1.54) is 60.9 Å². The Kier molecular flexibility index (Phi) is 6.59. The quantitative estimate of drug-likeness (QED) is 0.224. The summed E-state index contributed by atoms with van der Waals surface area (Å²) in [6.45, 7) is 21.8. The molecule has 2 aliphatic heterocycles. The van der Waals surface area contributed by atoms with Gasteiger partial charge in [-0.25, -0.2) is 0 Å². The van der Waals surface area contributed by atoms with Gasteiger partial charge in [0.1, 0.15) is 0 Å². The first kappa shape index (κ1) is 28.3. The fraction of sp³-hybridized carbons (Fsp3) is 0.317. The van der Waals surface area contributed by atoms with Crippen LogP contribution in [0.15, 0.2) is 96.1 Å². The highest BCUT2D eigenvalue weighted by molar-refractivity contribution is 6.97. The minimum Gasteiger partial charge on any atom is -0.0759 e. The number of rotatable bonds is 2. The lowest BCUT2D eigenvalue weighted by Gasteiger charge is -2.41. The third kappa shape index (κ3) is 4.12. The van der Waals surface area contributed by atoms with Crippen molar-refractivity contribution in [2.45, 2.75) is 79.9 Å². The fourth-order valence-corrected chi connectivity index (χ4v) is 10.5. The molecule has 1 fully saturated rings. The normalized spacial score (nSPS) is 24.0. The third-order valence-corrected chi connectivity index (χ3v) is 11.3. The zero-order valence-electron chi connectivity index (χ0n) is 27.5. The summed E-state index contributed by atoms with van der Waals surface area (Å²) in [6.07, 6.45) is 5.13. The van der Waals surface area contributed by atoms with Crippen LogP contribution in [-0.2, 0) is 0 Å². The van der Waals surface area contributed by atoms with E-state index in [1.807, 2.05) is 0 Å². The molecule has 0 saturated carbocycles. The summed E-state index contributed by atoms with van der Waals surface area (Å²) >= 11 is 0. The Labute approximate surface area is 260 Å². The zero-order valence-corrected chi connectivity index (χ0v) is 27.5. The van der Waals surface area contributed by atoms with E-state index in [1.54, 1.807) is 16.6 Å². The van der Waals surface area contributed by atoms with Gasteiger partial charge in [-0.05, 0) is 83.9 Å². The molecule has 4 aromatic rings. The van der Waals surface area contributed by atoms with Crippen LogP contribution in [0.1, 0.15) is 77.0 Å². The van der Waals surface area contributed by atoms with Crippen LogP contribution in [0.3, 0.4) is 0 Å². The first-order valence-corrected chi connectivity index (χ1v) is 16.2. The molecule has 4 unspecified atom stereocenters. The number of allylic oxidation sites excluding steroid dienone is 4. The Morgan fingerprint density at radius 3 is 1.67 bits per heavy atom. The van der Waals surface area contributed by atoms with E-state index in [-0.39, 0.29) is 12.1 Å². The smallest absolute Gasteiger partial charge is 0.0759 e. The van der Waals surface area contributed by atoms with Gasteiger partial charge in [0, 0.05) is 0 Å². The Balaban J connectivity index is 1.62. The van der Waals surface area contributed by atoms with Crippen molar-refractivity contribution in [1.29, 1.82) is 0 Å². The molecule has 43 heavy (non-hydrogen) atoms. The predicted molar refractivity (Wildman–Crippen MR) is 189 cm³/mol. The Hall–Kier alpha value is -3.51. The lowest BCUT2D eigenvalue weighted by molar-refractivity contribution is 0.351. The first-order valence-electron chi connectivity index (χ1n) is 16.2. The van der Waals surface area contributed by atoms with Gasteiger partial charge in [-0.15, -0.1) is 0 Å². The van der Waals surface area contributed by atoms with Gasteiger partial charge >= 0.3 is 0 Å². The molecule has 0 N–H and O–H groups in total. The topological polar surface area (TPSA) is 0 Å². The van der Waals surface area contributed by atoms with Crippen molar-refractivity contribution in [3.05, 3.63) is 141 Å². The second-order valence-corrected chi connectivity index (χ2v) is 14.5. The zero-order chi connectivity index (χ0) is 30.4. The van der Waals surface area contributed by atoms with Gasteiger partial charge in [0.2, 0.25) is 6.71 Å². The predicted octanol–water partition coefficient (Wildman–Crippen LogP) is 7.47. The number of hydrogen-bond acceptors (Lipinski definition) is 0. The highest BCUT2D eigenvalue weighted by Crippen LogP contribution is 2.66. The van der Waals surface area contributed by atoms with Crippen LogP contribution in [-0.4, -0.2) is 13.4 Å². The molecule has 7 rings (SSSR count). The number of hydrogen-bond donors (Lipinski definition) is 0. The standard InChI is InChI=1S/C41H44B2/c1-24-18-27(4)37(28(5)19-24)42-34-16-12-10-14-32(34)36-39(33-15-11-13-17-35(33)42)43(38-29(6)20-25(2)21-30(38)7)40-31(8)22-26(3)23-41(36,40)9/h10-23,36,39-40H,1-9H3. The van der Waals surface area contributed by atoms with Gasteiger partial charge in [-0.1, -0.05) is 164 Å². The van der Waals surface area contributed by atoms with Crippen molar-refractivity contribution in [2.75, 3.05) is 0 Å². The van der Waals surface area contributed by atoms with Crippen LogP contribution < -0.4 is 21.9 Å². The van der Waals surface area contributed by atoms with E-state index in [0.717, 1.165) is 0 Å². The van der Waals surface area contributed by atoms with Crippen molar-refractivity contribution in [3.8, 4) is 0 Å². The molecule has 214 valence electrons. The molecule has 1 saturated heterocycles. The van der Waals surface area contributed by atoms with Crippen molar-refractivity contribution in [3.63, 3.8) is 0 Å². The molecule has 0 aromatic heterocycles. The molecule has 0 spiro atoms. The van der Waals surface area contributed by atoms with Crippen LogP contribution in [0.4, 0.5) is 0 Å². The molecule has 3 aliphatic rings. The molecule has 2 heteroatoms. The number of benzene rings is 4. The summed E-state index contributed by atoms with van der Waals surface area (Å²) in [5.74, 6) is 1.18. The average Bonchev–Trinajstić information content (AvgIpc) is 3.10. The molecular formula is C41H44B2. The third-order valence-electron chi connectivity index (χ3n) is 11.3. The lowest BCUT2D eigenvalue weighted by atomic mass is 9.28. The lowest BCUT2D eigenvalue weighted by Crippen LogP contribution is -2.56. The Morgan fingerprint density at radius 1 is 0.605 bits per heavy atom. The molecule has 4 aromatic carbocycles. The van der Waals surface area contributed by atoms with E-state index < -0.39 is 0 Å². The van der Waals surface area contributed by atoms with Crippen LogP contribution in [0, 0.1) is 47.0 Å². The van der Waals surface area contributed by atoms with E-state index >= 15 is 0 Å². The summed E-state index contributed by atoms with van der Waals surface area (Å²) in [4.78, 5) is 0. The number of aryl methyl sites for hydroxylation is 6. The summed E-state index contributed by atoms with van der Waals surface area (Å²) < 4.78 is 0. The Bertz CT molecular complexity index is 1810. The Morgan fingerprint density at radius 2 is 1.09 bits per heavy atom. The molecule has 0 nitrogen and oxygen atoms in total. The maximum Gasteiger partial charge on any atom is 0.242 e. The minimum absolute atomic E-state index is 0.00249. The van der Waals surface area contributed by atoms with Crippen LogP contribution in [0.25, 0.3) is 0 Å². The maximum atomic E-state index is 2.66. The van der Waals surface area contributed by atoms with Crippen molar-refractivity contribution < 1.29 is 0 Å². The van der Waals surface area contributed by atoms with Crippen molar-refractivity contribution >= 4 is 35.3 Å². The van der Waals surface area contributed by atoms with Crippen LogP contribution in [0.5, 0.6) is 0 Å². The first-order chi connectivity index (χ1) is 20.5. The van der Waals surface area contributed by atoms with Crippen LogP contribution in [0.2, 0.25) is 5.82 Å². The maximum absolute atomic E-state index is 2.66. The summed E-state index contributed by atoms with van der Waals surface area (Å²) in [6, 6.07) is 28.7. The second kappa shape index (κ2) is 10.0. The molecule has 0 amide bonds. The van der Waals surface area contributed by atoms with Gasteiger partial charge in [0.05, 0.1) is 0 Å². The van der Waals surface area contributed by atoms with Gasteiger partial charge in [-0.3, -0.25) is 0 Å². The molecule has 1 aliphatic carbocycles. The van der Waals surface area contributed by atoms with E-state index in [9.17, 15) is 0 Å². The molecule has 0 bridgehead atoms. The van der Waals surface area contributed by atoms with Crippen molar-refractivity contribution in [1.82, 2.24) is 0 Å². The highest BCUT2D eigenvalue weighted by Gasteiger charge is 2.62. The summed E-state index contributed by atoms with van der Waals surface area (Å²) in [5.41, 5.74) is 20.5. The fourth-order valence-electron chi connectivity index (χ4n) is 10.5. The van der Waals surface area contributed by atoms with E-state index in [0.29, 0.717) is 24.3 Å². The molecule has 4 atom stereocenters. The monoisotopic (exact) mass is 558 g/mol. The van der Waals surface area contributed by atoms with Gasteiger partial charge in [-0.2, -0.15) is 0 Å². The summed E-state index contributed by atoms with van der Waals surface area (Å²) in [5, 5.41) is 0. The van der Waals surface area contributed by atoms with Crippen LogP contribution >= 0.6 is 0 Å². The highest BCUT2D eigenvalue weighted by atomic mass is 14.5. The minimum atomic E-state index is -0.00249. The SMILES string of the molecule is CC1=CC2(C)C(B(c3c(C)cc(C)cc3C)C3c4ccccc4B(c4c(C)cc(C)cc4C)c4ccccc4C32)C(C)=C1. The van der Waals surface area contributed by atoms with Gasteiger partial charge in [0.15, 0.2) is 6.71 Å². The molecule has 0 radical (unpaired) electrons. The summed E-state index contributed by atoms with van der Waals surface area (Å²) in [7, 11) is 0. The van der Waals surface area contributed by atoms with Crippen molar-refractivity contribution in [2.24, 2.45) is 5.41 Å². The number of fused-ring (bicyclic) bond motifs is 7. The van der Waals surface area contributed by atoms with E-state index in [4.69, 9.17) is 0 Å². The molecular weight excluding hydrogens is 514 g/mol. The van der Waals surface area contributed by atoms with Gasteiger partial charge < -0.3 is 0 Å². The average molecular weight is 558 g/mol. The molecule has 2 heterocycles. The van der Waals surface area contributed by atoms with E-state index in [2.05, 4.69) is 147 Å². The largest absolute Gasteiger partial charge is 0.242 e. The second-order valence-electron chi connectivity index (χ2n) is 14.5.